The van der Waals surface area contributed by atoms with Crippen LogP contribution in [0.4, 0.5) is 4.39 Å². The van der Waals surface area contributed by atoms with Gasteiger partial charge >= 0.3 is 0 Å². The van der Waals surface area contributed by atoms with E-state index in [0.29, 0.717) is 21.2 Å². The summed E-state index contributed by atoms with van der Waals surface area (Å²) < 4.78 is 14.3. The molecule has 0 aliphatic rings. The van der Waals surface area contributed by atoms with Crippen LogP contribution in [0, 0.1) is 5.82 Å². The van der Waals surface area contributed by atoms with E-state index in [9.17, 15) is 4.39 Å². The van der Waals surface area contributed by atoms with Gasteiger partial charge in [0.25, 0.3) is 0 Å². The zero-order valence-corrected chi connectivity index (χ0v) is 13.2. The molecule has 0 aliphatic carbocycles. The van der Waals surface area contributed by atoms with Gasteiger partial charge in [-0.05, 0) is 48.4 Å². The van der Waals surface area contributed by atoms with Crippen LogP contribution in [0.25, 0.3) is 0 Å². The number of halogens is 4. The number of rotatable bonds is 2. The summed E-state index contributed by atoms with van der Waals surface area (Å²) >= 11 is 15.7. The van der Waals surface area contributed by atoms with Gasteiger partial charge in [-0.3, -0.25) is 0 Å². The minimum Gasteiger partial charge on any atom is -0.318 e. The maximum atomic E-state index is 13.4. The Labute approximate surface area is 129 Å². The van der Waals surface area contributed by atoms with Gasteiger partial charge in [-0.25, -0.2) is 4.39 Å². The van der Waals surface area contributed by atoms with Gasteiger partial charge in [0.05, 0.1) is 5.54 Å². The maximum Gasteiger partial charge on any atom is 0.123 e. The largest absolute Gasteiger partial charge is 0.318 e. The molecule has 5 heteroatoms. The SMILES string of the molecule is CC(N)(c1ccc(Br)cc1Cl)c1cc(F)ccc1Cl. The van der Waals surface area contributed by atoms with Crippen molar-refractivity contribution in [2.45, 2.75) is 12.5 Å². The third-order valence-corrected chi connectivity index (χ3v) is 4.11. The van der Waals surface area contributed by atoms with Crippen molar-refractivity contribution in [1.82, 2.24) is 0 Å². The molecule has 0 amide bonds. The first kappa shape index (κ1) is 14.8. The molecule has 2 rings (SSSR count). The van der Waals surface area contributed by atoms with Crippen molar-refractivity contribution in [3.8, 4) is 0 Å². The highest BCUT2D eigenvalue weighted by molar-refractivity contribution is 9.10. The normalized spacial score (nSPS) is 14.2. The molecule has 0 saturated heterocycles. The molecule has 1 nitrogen and oxygen atoms in total. The van der Waals surface area contributed by atoms with Crippen LogP contribution >= 0.6 is 39.1 Å². The number of nitrogens with two attached hydrogens (primary N) is 1. The highest BCUT2D eigenvalue weighted by Crippen LogP contribution is 2.36. The molecule has 0 aromatic heterocycles. The Morgan fingerprint density at radius 1 is 1.05 bits per heavy atom. The first-order valence-electron chi connectivity index (χ1n) is 5.52. The third-order valence-electron chi connectivity index (χ3n) is 2.98. The summed E-state index contributed by atoms with van der Waals surface area (Å²) in [5, 5.41) is 0.907. The molecule has 2 aromatic rings. The first-order chi connectivity index (χ1) is 8.82. The van der Waals surface area contributed by atoms with E-state index in [1.165, 1.54) is 18.2 Å². The van der Waals surface area contributed by atoms with Crippen LogP contribution in [-0.4, -0.2) is 0 Å². The molecular formula is C14H11BrCl2FN. The van der Waals surface area contributed by atoms with Gasteiger partial charge in [0.15, 0.2) is 0 Å². The second-order valence-corrected chi connectivity index (χ2v) is 6.18. The van der Waals surface area contributed by atoms with E-state index in [1.54, 1.807) is 19.1 Å². The average molecular weight is 363 g/mol. The molecule has 0 bridgehead atoms. The fourth-order valence-electron chi connectivity index (χ4n) is 1.95. The van der Waals surface area contributed by atoms with Crippen molar-refractivity contribution < 1.29 is 4.39 Å². The van der Waals surface area contributed by atoms with E-state index >= 15 is 0 Å². The van der Waals surface area contributed by atoms with Gasteiger partial charge in [0.2, 0.25) is 0 Å². The fourth-order valence-corrected chi connectivity index (χ4v) is 3.13. The van der Waals surface area contributed by atoms with Crippen molar-refractivity contribution in [2.75, 3.05) is 0 Å². The van der Waals surface area contributed by atoms with Crippen molar-refractivity contribution in [3.63, 3.8) is 0 Å². The predicted octanol–water partition coefficient (Wildman–Crippen LogP) is 5.12. The van der Waals surface area contributed by atoms with E-state index in [1.807, 2.05) is 6.07 Å². The fraction of sp³-hybridized carbons (Fsp3) is 0.143. The Balaban J connectivity index is 2.61. The summed E-state index contributed by atoms with van der Waals surface area (Å²) in [5.41, 5.74) is 6.54. The minimum atomic E-state index is -0.975. The van der Waals surface area contributed by atoms with Crippen molar-refractivity contribution >= 4 is 39.1 Å². The van der Waals surface area contributed by atoms with E-state index in [-0.39, 0.29) is 5.82 Å². The average Bonchev–Trinajstić information content (AvgIpc) is 2.31. The van der Waals surface area contributed by atoms with Crippen LogP contribution in [0.1, 0.15) is 18.1 Å². The second kappa shape index (κ2) is 5.41. The highest BCUT2D eigenvalue weighted by atomic mass is 79.9. The number of hydrogen-bond donors (Lipinski definition) is 1. The maximum absolute atomic E-state index is 13.4. The molecule has 100 valence electrons. The van der Waals surface area contributed by atoms with Crippen LogP contribution < -0.4 is 5.73 Å². The molecule has 19 heavy (non-hydrogen) atoms. The smallest absolute Gasteiger partial charge is 0.123 e. The van der Waals surface area contributed by atoms with Crippen molar-refractivity contribution in [1.29, 1.82) is 0 Å². The quantitative estimate of drug-likeness (QED) is 0.788. The Morgan fingerprint density at radius 2 is 1.74 bits per heavy atom. The Bertz CT molecular complexity index is 629. The zero-order chi connectivity index (χ0) is 14.2. The topological polar surface area (TPSA) is 26.0 Å². The summed E-state index contributed by atoms with van der Waals surface area (Å²) in [5.74, 6) is -0.385. The monoisotopic (exact) mass is 361 g/mol. The summed E-state index contributed by atoms with van der Waals surface area (Å²) in [4.78, 5) is 0. The van der Waals surface area contributed by atoms with Crippen LogP contribution in [-0.2, 0) is 5.54 Å². The molecule has 0 radical (unpaired) electrons. The van der Waals surface area contributed by atoms with Gasteiger partial charge in [-0.2, -0.15) is 0 Å². The summed E-state index contributed by atoms with van der Waals surface area (Å²) in [6.45, 7) is 1.75. The van der Waals surface area contributed by atoms with Crippen LogP contribution in [0.5, 0.6) is 0 Å². The molecule has 1 unspecified atom stereocenters. The zero-order valence-electron chi connectivity index (χ0n) is 10.1. The lowest BCUT2D eigenvalue weighted by atomic mass is 9.85. The second-order valence-electron chi connectivity index (χ2n) is 4.45. The molecule has 0 saturated carbocycles. The lowest BCUT2D eigenvalue weighted by molar-refractivity contribution is 0.582. The molecule has 2 aromatic carbocycles. The van der Waals surface area contributed by atoms with Crippen molar-refractivity contribution in [2.24, 2.45) is 5.73 Å². The Morgan fingerprint density at radius 3 is 2.37 bits per heavy atom. The van der Waals surface area contributed by atoms with Crippen molar-refractivity contribution in [3.05, 3.63) is 67.9 Å². The molecule has 1 atom stereocenters. The summed E-state index contributed by atoms with van der Waals surface area (Å²) in [6, 6.07) is 9.50. The molecule has 0 heterocycles. The van der Waals surface area contributed by atoms with Gasteiger partial charge in [-0.15, -0.1) is 0 Å². The number of benzene rings is 2. The van der Waals surface area contributed by atoms with Crippen LogP contribution in [0.3, 0.4) is 0 Å². The van der Waals surface area contributed by atoms with E-state index in [0.717, 1.165) is 4.47 Å². The Hall–Kier alpha value is -0.610. The number of hydrogen-bond acceptors (Lipinski definition) is 1. The molecule has 0 spiro atoms. The van der Waals surface area contributed by atoms with Crippen LogP contribution in [0.2, 0.25) is 10.0 Å². The van der Waals surface area contributed by atoms with Crippen LogP contribution in [0.15, 0.2) is 40.9 Å². The predicted molar refractivity (Wildman–Crippen MR) is 81.2 cm³/mol. The molecular weight excluding hydrogens is 352 g/mol. The third kappa shape index (κ3) is 2.95. The Kier molecular flexibility index (Phi) is 4.21. The van der Waals surface area contributed by atoms with E-state index < -0.39 is 5.54 Å². The standard InChI is InChI=1S/C14H11BrCl2FN/c1-14(19,10-4-2-8(15)6-13(10)17)11-7-9(18)3-5-12(11)16/h2-7H,19H2,1H3. The molecule has 0 fully saturated rings. The summed E-state index contributed by atoms with van der Waals surface area (Å²) in [6.07, 6.45) is 0. The van der Waals surface area contributed by atoms with Gasteiger partial charge < -0.3 is 5.73 Å². The van der Waals surface area contributed by atoms with Gasteiger partial charge in [-0.1, -0.05) is 45.2 Å². The minimum absolute atomic E-state index is 0.385. The van der Waals surface area contributed by atoms with E-state index in [4.69, 9.17) is 28.9 Å². The summed E-state index contributed by atoms with van der Waals surface area (Å²) in [7, 11) is 0. The highest BCUT2D eigenvalue weighted by Gasteiger charge is 2.28. The molecule has 2 N–H and O–H groups in total. The molecule has 0 aliphatic heterocycles. The van der Waals surface area contributed by atoms with Gasteiger partial charge in [0.1, 0.15) is 5.82 Å². The first-order valence-corrected chi connectivity index (χ1v) is 7.07. The van der Waals surface area contributed by atoms with Gasteiger partial charge in [0, 0.05) is 14.5 Å². The lowest BCUT2D eigenvalue weighted by Gasteiger charge is -2.28. The van der Waals surface area contributed by atoms with E-state index in [2.05, 4.69) is 15.9 Å². The lowest BCUT2D eigenvalue weighted by Crippen LogP contribution is -2.35.